The zero-order chi connectivity index (χ0) is 16.4. The normalized spacial score (nSPS) is 22.2. The van der Waals surface area contributed by atoms with Crippen LogP contribution in [0.4, 0.5) is 0 Å². The minimum Gasteiger partial charge on any atom is -0.409 e. The highest BCUT2D eigenvalue weighted by Crippen LogP contribution is 2.39. The first-order valence-electron chi connectivity index (χ1n) is 7.08. The number of carbonyl (C=O) groups is 3. The van der Waals surface area contributed by atoms with Gasteiger partial charge in [-0.15, -0.1) is 0 Å². The second kappa shape index (κ2) is 6.20. The fraction of sp³-hybridized carbons (Fsp3) is 0.562. The Morgan fingerprint density at radius 3 is 2.38 bits per heavy atom. The van der Waals surface area contributed by atoms with Gasteiger partial charge in [0.25, 0.3) is 0 Å². The lowest BCUT2D eigenvalue weighted by Gasteiger charge is -2.40. The molecule has 0 saturated heterocycles. The Labute approximate surface area is 127 Å². The van der Waals surface area contributed by atoms with Crippen LogP contribution >= 0.6 is 0 Å². The van der Waals surface area contributed by atoms with E-state index < -0.39 is 14.4 Å². The second-order valence-electron chi connectivity index (χ2n) is 6.91. The highest BCUT2D eigenvalue weighted by molar-refractivity contribution is 6.74. The van der Waals surface area contributed by atoms with E-state index in [2.05, 4.69) is 33.9 Å². The van der Waals surface area contributed by atoms with Gasteiger partial charge in [-0.25, -0.2) is 0 Å². The smallest absolute Gasteiger partial charge is 0.192 e. The van der Waals surface area contributed by atoms with Crippen molar-refractivity contribution in [2.45, 2.75) is 58.4 Å². The zero-order valence-electron chi connectivity index (χ0n) is 13.6. The highest BCUT2D eigenvalue weighted by atomic mass is 28.4. The predicted molar refractivity (Wildman–Crippen MR) is 84.6 cm³/mol. The van der Waals surface area contributed by atoms with E-state index >= 15 is 0 Å². The summed E-state index contributed by atoms with van der Waals surface area (Å²) in [5.74, 6) is -0.489. The van der Waals surface area contributed by atoms with Gasteiger partial charge < -0.3 is 4.43 Å². The molecule has 21 heavy (non-hydrogen) atoms. The summed E-state index contributed by atoms with van der Waals surface area (Å²) in [6.07, 6.45) is 3.23. The number of allylic oxidation sites excluding steroid dienone is 2. The van der Waals surface area contributed by atoms with E-state index in [-0.39, 0.29) is 28.6 Å². The van der Waals surface area contributed by atoms with Crippen LogP contribution in [0, 0.1) is 0 Å². The number of aldehydes is 1. The number of carbonyl (C=O) groups excluding carboxylic acids is 3. The molecule has 0 heterocycles. The van der Waals surface area contributed by atoms with E-state index in [0.717, 1.165) is 0 Å². The molecule has 0 aromatic rings. The van der Waals surface area contributed by atoms with Crippen molar-refractivity contribution in [3.05, 3.63) is 23.3 Å². The van der Waals surface area contributed by atoms with Gasteiger partial charge in [0.15, 0.2) is 19.9 Å². The lowest BCUT2D eigenvalue weighted by molar-refractivity contribution is -0.121. The SMILES string of the molecule is CC(=O)C1=C/C(=C\C=O)C(O[Si](C)(C)C(C)(C)C)CC1=O. The Kier molecular flexibility index (Phi) is 5.23. The topological polar surface area (TPSA) is 60.4 Å². The van der Waals surface area contributed by atoms with Crippen molar-refractivity contribution < 1.29 is 18.8 Å². The average molecular weight is 308 g/mol. The maximum Gasteiger partial charge on any atom is 0.192 e. The highest BCUT2D eigenvalue weighted by Gasteiger charge is 2.41. The van der Waals surface area contributed by atoms with E-state index in [1.54, 1.807) is 0 Å². The van der Waals surface area contributed by atoms with Gasteiger partial charge in [0.2, 0.25) is 0 Å². The summed E-state index contributed by atoms with van der Waals surface area (Å²) in [6.45, 7) is 11.9. The average Bonchev–Trinajstić information content (AvgIpc) is 2.30. The summed E-state index contributed by atoms with van der Waals surface area (Å²) in [6, 6.07) is 0. The number of hydrogen-bond donors (Lipinski definition) is 0. The van der Waals surface area contributed by atoms with Crippen LogP contribution in [0.5, 0.6) is 0 Å². The first kappa shape index (κ1) is 17.7. The third-order valence-corrected chi connectivity index (χ3v) is 8.72. The summed E-state index contributed by atoms with van der Waals surface area (Å²) >= 11 is 0. The van der Waals surface area contributed by atoms with Gasteiger partial charge in [-0.3, -0.25) is 14.4 Å². The minimum atomic E-state index is -2.07. The standard InChI is InChI=1S/C16H24O4Si/c1-11(18)13-9-12(7-8-17)15(10-14(13)19)20-21(5,6)16(2,3)4/h7-9,15H,10H2,1-6H3/b12-7+. The quantitative estimate of drug-likeness (QED) is 0.347. The molecule has 0 aromatic heterocycles. The summed E-state index contributed by atoms with van der Waals surface area (Å²) in [4.78, 5) is 34.4. The van der Waals surface area contributed by atoms with Crippen LogP contribution in [-0.4, -0.2) is 32.3 Å². The molecule has 4 nitrogen and oxygen atoms in total. The Morgan fingerprint density at radius 1 is 1.38 bits per heavy atom. The molecule has 0 fully saturated rings. The lowest BCUT2D eigenvalue weighted by Crippen LogP contribution is -2.45. The van der Waals surface area contributed by atoms with Crippen molar-refractivity contribution in [2.75, 3.05) is 0 Å². The first-order valence-corrected chi connectivity index (χ1v) is 9.99. The van der Waals surface area contributed by atoms with Crippen molar-refractivity contribution >= 4 is 26.2 Å². The summed E-state index contributed by atoms with van der Waals surface area (Å²) in [7, 11) is -2.07. The zero-order valence-corrected chi connectivity index (χ0v) is 14.6. The predicted octanol–water partition coefficient (Wildman–Crippen LogP) is 2.99. The Bertz CT molecular complexity index is 521. The van der Waals surface area contributed by atoms with Gasteiger partial charge in [-0.05, 0) is 42.8 Å². The first-order chi connectivity index (χ1) is 9.49. The molecule has 0 amide bonds. The van der Waals surface area contributed by atoms with Crippen LogP contribution in [0.1, 0.15) is 34.1 Å². The molecule has 1 aliphatic rings. The van der Waals surface area contributed by atoms with Gasteiger partial charge in [0, 0.05) is 6.42 Å². The van der Waals surface area contributed by atoms with Crippen LogP contribution in [0.15, 0.2) is 23.3 Å². The molecule has 116 valence electrons. The second-order valence-corrected chi connectivity index (χ2v) is 11.7. The van der Waals surface area contributed by atoms with Crippen LogP contribution in [0.3, 0.4) is 0 Å². The third-order valence-electron chi connectivity index (χ3n) is 4.24. The van der Waals surface area contributed by atoms with E-state index in [1.165, 1.54) is 19.1 Å². The molecule has 0 N–H and O–H groups in total. The molecule has 1 atom stereocenters. The Balaban J connectivity index is 3.14. The van der Waals surface area contributed by atoms with Gasteiger partial charge in [-0.2, -0.15) is 0 Å². The van der Waals surface area contributed by atoms with Crippen LogP contribution in [0.2, 0.25) is 18.1 Å². The van der Waals surface area contributed by atoms with Crippen molar-refractivity contribution in [1.82, 2.24) is 0 Å². The van der Waals surface area contributed by atoms with E-state index in [9.17, 15) is 14.4 Å². The Morgan fingerprint density at radius 2 is 1.95 bits per heavy atom. The van der Waals surface area contributed by atoms with Crippen molar-refractivity contribution in [2.24, 2.45) is 0 Å². The van der Waals surface area contributed by atoms with Crippen molar-refractivity contribution in [3.8, 4) is 0 Å². The Hall–Kier alpha value is -1.33. The van der Waals surface area contributed by atoms with Gasteiger partial charge >= 0.3 is 0 Å². The van der Waals surface area contributed by atoms with Crippen LogP contribution in [-0.2, 0) is 18.8 Å². The molecule has 0 aromatic carbocycles. The molecule has 0 bridgehead atoms. The molecule has 0 aliphatic heterocycles. The van der Waals surface area contributed by atoms with Gasteiger partial charge in [0.05, 0.1) is 11.7 Å². The molecule has 1 aliphatic carbocycles. The van der Waals surface area contributed by atoms with E-state index in [1.807, 2.05) is 0 Å². The summed E-state index contributed by atoms with van der Waals surface area (Å²) in [5.41, 5.74) is 0.762. The molecular weight excluding hydrogens is 284 g/mol. The third kappa shape index (κ3) is 4.08. The maximum absolute atomic E-state index is 12.1. The number of rotatable bonds is 4. The van der Waals surface area contributed by atoms with Crippen LogP contribution in [0.25, 0.3) is 0 Å². The molecular formula is C16H24O4Si. The summed E-state index contributed by atoms with van der Waals surface area (Å²) < 4.78 is 6.24. The molecule has 0 radical (unpaired) electrons. The minimum absolute atomic E-state index is 0.00685. The monoisotopic (exact) mass is 308 g/mol. The fourth-order valence-corrected chi connectivity index (χ4v) is 3.19. The summed E-state index contributed by atoms with van der Waals surface area (Å²) in [5, 5.41) is 0.00685. The van der Waals surface area contributed by atoms with E-state index in [4.69, 9.17) is 4.43 Å². The number of hydrogen-bond acceptors (Lipinski definition) is 4. The molecule has 1 rings (SSSR count). The van der Waals surface area contributed by atoms with Gasteiger partial charge in [0.1, 0.15) is 6.29 Å². The number of Topliss-reactive ketones (excluding diaryl/α,β-unsaturated/α-hetero) is 2. The largest absolute Gasteiger partial charge is 0.409 e. The van der Waals surface area contributed by atoms with Crippen LogP contribution < -0.4 is 0 Å². The molecule has 1 unspecified atom stereocenters. The lowest BCUT2D eigenvalue weighted by atomic mass is 9.90. The van der Waals surface area contributed by atoms with Crippen molar-refractivity contribution in [3.63, 3.8) is 0 Å². The molecule has 0 spiro atoms. The number of ketones is 2. The fourth-order valence-electron chi connectivity index (χ4n) is 1.91. The van der Waals surface area contributed by atoms with E-state index in [0.29, 0.717) is 11.9 Å². The molecule has 5 heteroatoms. The maximum atomic E-state index is 12.1. The van der Waals surface area contributed by atoms with Gasteiger partial charge in [-0.1, -0.05) is 20.8 Å². The van der Waals surface area contributed by atoms with Crippen molar-refractivity contribution in [1.29, 1.82) is 0 Å². The molecule has 0 saturated carbocycles.